The zero-order valence-electron chi connectivity index (χ0n) is 12.6. The molecule has 2 amide bonds. The summed E-state index contributed by atoms with van der Waals surface area (Å²) in [7, 11) is 0. The Morgan fingerprint density at radius 1 is 1.24 bits per heavy atom. The molecule has 1 saturated heterocycles. The number of amides is 2. The van der Waals surface area contributed by atoms with Crippen molar-refractivity contribution >= 4 is 23.4 Å². The lowest BCUT2D eigenvalue weighted by molar-refractivity contribution is -0.158. The minimum atomic E-state index is -0.789. The highest BCUT2D eigenvalue weighted by Gasteiger charge is 2.49. The molecule has 1 aromatic carbocycles. The Morgan fingerprint density at radius 3 is 2.43 bits per heavy atom. The van der Waals surface area contributed by atoms with Crippen molar-refractivity contribution in [3.05, 3.63) is 34.9 Å². The second-order valence-corrected chi connectivity index (χ2v) is 5.86. The molecule has 21 heavy (non-hydrogen) atoms. The number of piperazine rings is 1. The van der Waals surface area contributed by atoms with Crippen LogP contribution >= 0.6 is 11.6 Å². The predicted octanol–water partition coefficient (Wildman–Crippen LogP) is 2.75. The minimum Gasteiger partial charge on any atom is -0.343 e. The molecule has 0 saturated carbocycles. The molecule has 0 aliphatic carbocycles. The molecule has 1 aliphatic heterocycles. The van der Waals surface area contributed by atoms with Gasteiger partial charge in [-0.3, -0.25) is 9.59 Å². The van der Waals surface area contributed by atoms with Gasteiger partial charge >= 0.3 is 0 Å². The molecular weight excluding hydrogens is 288 g/mol. The normalized spacial score (nSPS) is 21.3. The number of carbonyl (C=O) groups excluding carboxylic acids is 2. The summed E-state index contributed by atoms with van der Waals surface area (Å²) >= 11 is 6.20. The third kappa shape index (κ3) is 2.64. The lowest BCUT2D eigenvalue weighted by Gasteiger charge is -2.47. The van der Waals surface area contributed by atoms with Crippen LogP contribution in [0.15, 0.2) is 24.3 Å². The van der Waals surface area contributed by atoms with Gasteiger partial charge in [-0.2, -0.15) is 0 Å². The van der Waals surface area contributed by atoms with Crippen LogP contribution in [0.2, 0.25) is 5.02 Å². The zero-order chi connectivity index (χ0) is 15.6. The van der Waals surface area contributed by atoms with E-state index >= 15 is 0 Å². The summed E-state index contributed by atoms with van der Waals surface area (Å²) in [6, 6.07) is 6.94. The molecule has 1 N–H and O–H groups in total. The molecule has 1 heterocycles. The van der Waals surface area contributed by atoms with Gasteiger partial charge in [-0.25, -0.2) is 0 Å². The van der Waals surface area contributed by atoms with Crippen molar-refractivity contribution in [3.63, 3.8) is 0 Å². The van der Waals surface area contributed by atoms with Gasteiger partial charge in [0.25, 0.3) is 0 Å². The summed E-state index contributed by atoms with van der Waals surface area (Å²) in [5.41, 5.74) is 0.0728. The van der Waals surface area contributed by atoms with Crippen LogP contribution in [0.1, 0.15) is 39.2 Å². The topological polar surface area (TPSA) is 49.4 Å². The highest BCUT2D eigenvalue weighted by atomic mass is 35.5. The smallest absolute Gasteiger partial charge is 0.246 e. The van der Waals surface area contributed by atoms with Gasteiger partial charge in [0.15, 0.2) is 0 Å². The van der Waals surface area contributed by atoms with Crippen LogP contribution < -0.4 is 5.32 Å². The van der Waals surface area contributed by atoms with Gasteiger partial charge in [-0.05, 0) is 31.4 Å². The summed E-state index contributed by atoms with van der Waals surface area (Å²) in [5.74, 6) is -0.134. The Balaban J connectivity index is 2.42. The highest BCUT2D eigenvalue weighted by molar-refractivity contribution is 6.31. The molecule has 0 radical (unpaired) electrons. The van der Waals surface area contributed by atoms with Crippen molar-refractivity contribution in [3.8, 4) is 0 Å². The molecule has 1 unspecified atom stereocenters. The van der Waals surface area contributed by atoms with Crippen LogP contribution in [0.4, 0.5) is 0 Å². The van der Waals surface area contributed by atoms with Gasteiger partial charge in [0.05, 0.1) is 0 Å². The molecule has 4 nitrogen and oxygen atoms in total. The van der Waals surface area contributed by atoms with Gasteiger partial charge in [-0.15, -0.1) is 0 Å². The third-order valence-corrected chi connectivity index (χ3v) is 4.75. The Bertz CT molecular complexity index is 555. The fourth-order valence-electron chi connectivity index (χ4n) is 2.94. The molecule has 5 heteroatoms. The summed E-state index contributed by atoms with van der Waals surface area (Å²) in [6.07, 6.45) is 1.16. The molecule has 0 bridgehead atoms. The van der Waals surface area contributed by atoms with Crippen molar-refractivity contribution < 1.29 is 9.59 Å². The van der Waals surface area contributed by atoms with E-state index in [1.54, 1.807) is 17.9 Å². The predicted molar refractivity (Wildman–Crippen MR) is 82.9 cm³/mol. The zero-order valence-corrected chi connectivity index (χ0v) is 13.4. The summed E-state index contributed by atoms with van der Waals surface area (Å²) in [5, 5.41) is 3.40. The molecular formula is C16H21ClN2O2. The van der Waals surface area contributed by atoms with Crippen molar-refractivity contribution in [1.29, 1.82) is 0 Å². The van der Waals surface area contributed by atoms with E-state index in [1.807, 2.05) is 32.0 Å². The van der Waals surface area contributed by atoms with E-state index in [0.29, 0.717) is 24.4 Å². The fraction of sp³-hybridized carbons (Fsp3) is 0.500. The van der Waals surface area contributed by atoms with Crippen LogP contribution in [0, 0.1) is 0 Å². The average molecular weight is 309 g/mol. The van der Waals surface area contributed by atoms with Crippen molar-refractivity contribution in [2.45, 2.75) is 51.7 Å². The van der Waals surface area contributed by atoms with E-state index in [-0.39, 0.29) is 11.8 Å². The van der Waals surface area contributed by atoms with E-state index < -0.39 is 11.6 Å². The first-order valence-corrected chi connectivity index (χ1v) is 7.70. The number of benzene rings is 1. The molecule has 114 valence electrons. The molecule has 2 rings (SSSR count). The second kappa shape index (κ2) is 6.06. The molecule has 0 aromatic heterocycles. The van der Waals surface area contributed by atoms with E-state index in [0.717, 1.165) is 5.56 Å². The number of nitrogens with one attached hydrogen (secondary N) is 1. The van der Waals surface area contributed by atoms with Crippen molar-refractivity contribution in [2.75, 3.05) is 0 Å². The number of halogens is 1. The number of hydrogen-bond donors (Lipinski definition) is 1. The highest BCUT2D eigenvalue weighted by Crippen LogP contribution is 2.31. The number of hydrogen-bond acceptors (Lipinski definition) is 2. The maximum atomic E-state index is 12.6. The average Bonchev–Trinajstić information content (AvgIpc) is 2.47. The van der Waals surface area contributed by atoms with Crippen molar-refractivity contribution in [2.24, 2.45) is 0 Å². The van der Waals surface area contributed by atoms with Crippen LogP contribution in [0.5, 0.6) is 0 Å². The third-order valence-electron chi connectivity index (χ3n) is 4.38. The maximum absolute atomic E-state index is 12.6. The van der Waals surface area contributed by atoms with E-state index in [2.05, 4.69) is 5.32 Å². The van der Waals surface area contributed by atoms with Gasteiger partial charge in [-0.1, -0.05) is 43.6 Å². The van der Waals surface area contributed by atoms with Crippen LogP contribution in [0.3, 0.4) is 0 Å². The van der Waals surface area contributed by atoms with Crippen LogP contribution in [-0.4, -0.2) is 28.3 Å². The molecule has 1 fully saturated rings. The first-order valence-electron chi connectivity index (χ1n) is 7.32. The Kier molecular flexibility index (Phi) is 4.57. The minimum absolute atomic E-state index is 0.0572. The van der Waals surface area contributed by atoms with E-state index in [4.69, 9.17) is 11.6 Å². The summed E-state index contributed by atoms with van der Waals surface area (Å²) in [6.45, 7) is 5.95. The largest absolute Gasteiger partial charge is 0.343 e. The molecule has 1 atom stereocenters. The second-order valence-electron chi connectivity index (χ2n) is 5.45. The molecule has 1 aliphatic rings. The Hall–Kier alpha value is -1.55. The number of carbonyl (C=O) groups is 2. The lowest BCUT2D eigenvalue weighted by atomic mass is 9.85. The first kappa shape index (κ1) is 15.8. The number of nitrogens with zero attached hydrogens (tertiary/aromatic N) is 1. The fourth-order valence-corrected chi connectivity index (χ4v) is 3.13. The Morgan fingerprint density at radius 2 is 1.86 bits per heavy atom. The molecule has 0 spiro atoms. The van der Waals surface area contributed by atoms with Gasteiger partial charge < -0.3 is 10.2 Å². The van der Waals surface area contributed by atoms with Gasteiger partial charge in [0.2, 0.25) is 11.8 Å². The molecule has 1 aromatic rings. The van der Waals surface area contributed by atoms with Gasteiger partial charge in [0, 0.05) is 11.6 Å². The van der Waals surface area contributed by atoms with Gasteiger partial charge in [0.1, 0.15) is 11.6 Å². The van der Waals surface area contributed by atoms with E-state index in [1.165, 1.54) is 0 Å². The first-order chi connectivity index (χ1) is 9.96. The Labute approximate surface area is 130 Å². The van der Waals surface area contributed by atoms with Crippen LogP contribution in [0.25, 0.3) is 0 Å². The number of rotatable bonds is 4. The maximum Gasteiger partial charge on any atom is 0.246 e. The summed E-state index contributed by atoms with van der Waals surface area (Å²) < 4.78 is 0. The standard InChI is InChI=1S/C16H21ClN2O2/c1-4-16(5-2)15(21)18-11(3)14(20)19(16)10-12-8-6-7-9-13(12)17/h6-9,11H,4-5,10H2,1-3H3,(H,18,21). The SMILES string of the molecule is CCC1(CC)C(=O)NC(C)C(=O)N1Cc1ccccc1Cl. The van der Waals surface area contributed by atoms with Crippen molar-refractivity contribution in [1.82, 2.24) is 10.2 Å². The van der Waals surface area contributed by atoms with Crippen LogP contribution in [-0.2, 0) is 16.1 Å². The lowest BCUT2D eigenvalue weighted by Crippen LogP contribution is -2.69. The summed E-state index contributed by atoms with van der Waals surface area (Å²) in [4.78, 5) is 26.8. The monoisotopic (exact) mass is 308 g/mol. The quantitative estimate of drug-likeness (QED) is 0.930. The van der Waals surface area contributed by atoms with E-state index in [9.17, 15) is 9.59 Å².